The first-order chi connectivity index (χ1) is 41.3. The van der Waals surface area contributed by atoms with Crippen molar-refractivity contribution in [2.45, 2.75) is 95.1 Å². The second kappa shape index (κ2) is 21.0. The van der Waals surface area contributed by atoms with Gasteiger partial charge in [0.1, 0.15) is 0 Å². The van der Waals surface area contributed by atoms with E-state index < -0.39 is 17.9 Å². The van der Waals surface area contributed by atoms with Gasteiger partial charge in [0, 0.05) is 99.1 Å². The van der Waals surface area contributed by atoms with Crippen LogP contribution in [-0.2, 0) is 0 Å². The van der Waals surface area contributed by atoms with Crippen LogP contribution in [0.25, 0.3) is 64.9 Å². The second-order valence-electron chi connectivity index (χ2n) is 24.8. The molecule has 0 amide bonds. The van der Waals surface area contributed by atoms with Gasteiger partial charge in [-0.15, -0.1) is 22.7 Å². The average Bonchev–Trinajstić information content (AvgIpc) is 1.77. The predicted octanol–water partition coefficient (Wildman–Crippen LogP) is 17.5. The van der Waals surface area contributed by atoms with E-state index in [4.69, 9.17) is 4.99 Å². The van der Waals surface area contributed by atoms with Gasteiger partial charge < -0.3 is 15.1 Å². The highest BCUT2D eigenvalue weighted by molar-refractivity contribution is 7.24. The number of benzene rings is 4. The molecule has 3 aliphatic heterocycles. The quantitative estimate of drug-likeness (QED) is 0.138. The average molecular weight is 1160 g/mol. The van der Waals surface area contributed by atoms with Crippen molar-refractivity contribution in [1.29, 1.82) is 0 Å². The molecule has 2 aliphatic carbocycles. The van der Waals surface area contributed by atoms with E-state index in [0.717, 1.165) is 97.5 Å². The molecule has 424 valence electrons. The monoisotopic (exact) mass is 1160 g/mol. The fourth-order valence-electron chi connectivity index (χ4n) is 15.0. The molecule has 5 aliphatic rings. The van der Waals surface area contributed by atoms with E-state index in [1.807, 2.05) is 23.5 Å². The molecule has 6 nitrogen and oxygen atoms in total. The third-order valence-corrected chi connectivity index (χ3v) is 20.3. The summed E-state index contributed by atoms with van der Waals surface area (Å²) in [6.07, 6.45) is 16.2. The van der Waals surface area contributed by atoms with Crippen molar-refractivity contribution in [2.24, 2.45) is 10.9 Å². The van der Waals surface area contributed by atoms with E-state index in [1.54, 1.807) is 11.3 Å². The van der Waals surface area contributed by atoms with E-state index in [0.29, 0.717) is 11.1 Å². The van der Waals surface area contributed by atoms with Crippen LogP contribution in [0, 0.1) is 89.0 Å². The Balaban J connectivity index is 1.04. The molecule has 8 heterocycles. The fourth-order valence-corrected chi connectivity index (χ4v) is 17.3. The lowest BCUT2D eigenvalue weighted by molar-refractivity contribution is -0.384. The zero-order chi connectivity index (χ0) is 59.7. The van der Waals surface area contributed by atoms with Gasteiger partial charge in [0.15, 0.2) is 5.43 Å². The summed E-state index contributed by atoms with van der Waals surface area (Å²) in [7, 11) is 0. The van der Waals surface area contributed by atoms with Crippen LogP contribution in [0.15, 0.2) is 190 Å². The zero-order valence-electron chi connectivity index (χ0n) is 50.9. The van der Waals surface area contributed by atoms with Gasteiger partial charge in [-0.2, -0.15) is 0 Å². The van der Waals surface area contributed by atoms with Gasteiger partial charge in [-0.3, -0.25) is 4.79 Å². The topological polar surface area (TPSA) is 95.2 Å². The lowest BCUT2D eigenvalue weighted by Gasteiger charge is -2.26. The number of hydrogen-bond donors (Lipinski definition) is 4. The van der Waals surface area contributed by atoms with Gasteiger partial charge in [0.05, 0.1) is 23.1 Å². The molecule has 4 aromatic carbocycles. The Hall–Kier alpha value is -8.79. The van der Waals surface area contributed by atoms with Crippen LogP contribution < -0.4 is 10.4 Å². The first-order valence-electron chi connectivity index (χ1n) is 29.9. The minimum absolute atomic E-state index is 0.184. The molecule has 86 heavy (non-hydrogen) atoms. The molecule has 5 aromatic heterocycles. The van der Waals surface area contributed by atoms with Crippen molar-refractivity contribution in [3.8, 4) is 22.3 Å². The van der Waals surface area contributed by atoms with Crippen LogP contribution in [0.3, 0.4) is 0 Å². The Bertz CT molecular complexity index is 4770. The summed E-state index contributed by atoms with van der Waals surface area (Å²) in [4.78, 5) is 35.2. The highest BCUT2D eigenvalue weighted by Gasteiger charge is 2.43. The number of aromatic nitrogens is 2. The van der Waals surface area contributed by atoms with Crippen LogP contribution in [0.5, 0.6) is 0 Å². The number of hydrogen-bond acceptors (Lipinski definition) is 5. The van der Waals surface area contributed by atoms with Crippen molar-refractivity contribution >= 4 is 76.7 Å². The number of aliphatic hydroxyl groups is 1. The lowest BCUT2D eigenvalue weighted by atomic mass is 9.78. The Morgan fingerprint density at radius 2 is 0.919 bits per heavy atom. The number of aliphatic imine (C=N–C) groups is 1. The zero-order valence-corrected chi connectivity index (χ0v) is 52.5. The van der Waals surface area contributed by atoms with Crippen LogP contribution >= 0.6 is 22.7 Å². The summed E-state index contributed by atoms with van der Waals surface area (Å²) < 4.78 is 2.26. The first kappa shape index (κ1) is 55.1. The van der Waals surface area contributed by atoms with Crippen molar-refractivity contribution in [1.82, 2.24) is 9.97 Å². The van der Waals surface area contributed by atoms with Crippen molar-refractivity contribution in [2.75, 3.05) is 0 Å². The molecule has 0 fully saturated rings. The molecule has 3 unspecified atom stereocenters. The number of thiophene rings is 2. The van der Waals surface area contributed by atoms with Gasteiger partial charge in [0.25, 0.3) is 0 Å². The maximum atomic E-state index is 15.8. The molecular formula is C78H69N4O2S2+. The number of aliphatic hydroxyl groups excluding tert-OH is 1. The number of nitrogens with one attached hydrogen (secondary N) is 3. The molecule has 4 N–H and O–H groups in total. The molecule has 16 bridgehead atoms. The summed E-state index contributed by atoms with van der Waals surface area (Å²) in [5.74, 6) is -1.14. The Morgan fingerprint density at radius 3 is 1.44 bits per heavy atom. The van der Waals surface area contributed by atoms with Crippen molar-refractivity contribution in [3.05, 3.63) is 289 Å². The molecule has 0 saturated heterocycles. The summed E-state index contributed by atoms with van der Waals surface area (Å²) in [6.45, 7) is 26.3. The second-order valence-corrected chi connectivity index (χ2v) is 26.9. The number of aryl methyl sites for hydroxylation is 12. The molecule has 0 saturated carbocycles. The van der Waals surface area contributed by atoms with Gasteiger partial charge >= 0.3 is 0 Å². The third-order valence-electron chi connectivity index (χ3n) is 18.1. The Kier molecular flexibility index (Phi) is 13.5. The van der Waals surface area contributed by atoms with E-state index in [-0.39, 0.29) is 5.43 Å². The van der Waals surface area contributed by atoms with Crippen LogP contribution in [0.2, 0.25) is 0 Å². The summed E-state index contributed by atoms with van der Waals surface area (Å²) >= 11 is 3.61. The SMILES string of the molecule is Cc1cc(C)c(C2=C3C=CC(=N3)C=C3C=CC(=CC4=[NH+]C(=C(c5c(C)cc(C)cc5C)c5ccc2s5)C=C4)C3C2c3cc4ccc([nH]4)c(-c4c(C)cc(C)cc4C)c4ccc(s4)c(-c4c(C)cc(C)cc4C)c4ccc(cc(c3=O)C2O)[nH]4)c(C)c1. The Morgan fingerprint density at radius 1 is 0.453 bits per heavy atom. The highest BCUT2D eigenvalue weighted by atomic mass is 32.1. The summed E-state index contributed by atoms with van der Waals surface area (Å²) in [5.41, 5.74) is 33.4. The molecular weight excluding hydrogens is 1090 g/mol. The van der Waals surface area contributed by atoms with Gasteiger partial charge in [0.2, 0.25) is 11.4 Å². The predicted molar refractivity (Wildman–Crippen MR) is 363 cm³/mol. The standard InChI is InChI=1S/C78H68N4O2S2/c1-39-27-43(5)67(44(6)28-39)73-59-19-15-53(79-59)35-51-13-14-52(36-54-16-20-60(80-54)74(64-24-23-63(73)85-64)68-45(7)29-40(2)30-46(68)8)71(51)72-57-37-55-17-21-61(81-55)75(69-47(9)31-41(3)32-48(69)10)65-25-26-66(86-65)76(70-49(11)33-42(4)34-50(70)12)62-22-18-56(82-62)38-58(77(57)83)78(72)84/h13-38,71-72,78,81-82,84H,1-12H3/p+1. The number of aromatic amines is 2. The van der Waals surface area contributed by atoms with Crippen LogP contribution in [0.4, 0.5) is 0 Å². The maximum Gasteiger partial charge on any atom is 0.213 e. The molecule has 3 atom stereocenters. The van der Waals surface area contributed by atoms with E-state index >= 15 is 4.79 Å². The summed E-state index contributed by atoms with van der Waals surface area (Å²) in [5, 5.41) is 13.4. The third kappa shape index (κ3) is 9.37. The molecule has 0 radical (unpaired) electrons. The first-order valence-corrected chi connectivity index (χ1v) is 31.5. The van der Waals surface area contributed by atoms with E-state index in [9.17, 15) is 5.11 Å². The molecule has 0 spiro atoms. The van der Waals surface area contributed by atoms with Crippen LogP contribution in [0.1, 0.15) is 111 Å². The number of allylic oxidation sites excluding steroid dienone is 10. The van der Waals surface area contributed by atoms with Gasteiger partial charge in [-0.1, -0.05) is 82.9 Å². The number of H-pyrrole nitrogens is 2. The fraction of sp³-hybridized carbons (Fsp3) is 0.192. The Labute approximate surface area is 511 Å². The minimum atomic E-state index is -1.17. The smallest absolute Gasteiger partial charge is 0.213 e. The normalized spacial score (nSPS) is 17.6. The van der Waals surface area contributed by atoms with Gasteiger partial charge in [-0.05, 0) is 240 Å². The summed E-state index contributed by atoms with van der Waals surface area (Å²) in [6, 6.07) is 39.6. The van der Waals surface area contributed by atoms with Crippen molar-refractivity contribution in [3.63, 3.8) is 0 Å². The molecule has 8 heteroatoms. The van der Waals surface area contributed by atoms with E-state index in [2.05, 4.69) is 244 Å². The van der Waals surface area contributed by atoms with Gasteiger partial charge in [-0.25, -0.2) is 9.98 Å². The maximum absolute atomic E-state index is 15.8. The number of fused-ring (bicyclic) bond motifs is 14. The number of rotatable bonds is 5. The lowest BCUT2D eigenvalue weighted by Crippen LogP contribution is -2.67. The molecule has 14 rings (SSSR count). The van der Waals surface area contributed by atoms with E-state index in [1.165, 1.54) is 89.0 Å². The van der Waals surface area contributed by atoms with Crippen molar-refractivity contribution < 1.29 is 10.1 Å². The van der Waals surface area contributed by atoms with Crippen LogP contribution in [-0.4, -0.2) is 26.5 Å². The minimum Gasteiger partial charge on any atom is -0.388 e. The number of nitrogens with zero attached hydrogens (tertiary/aromatic N) is 1. The highest BCUT2D eigenvalue weighted by Crippen LogP contribution is 2.50. The molecule has 9 aromatic rings. The largest absolute Gasteiger partial charge is 0.388 e.